The van der Waals surface area contributed by atoms with Crippen molar-refractivity contribution in [2.24, 2.45) is 0 Å². The van der Waals surface area contributed by atoms with Crippen LogP contribution in [0.5, 0.6) is 0 Å². The Morgan fingerprint density at radius 3 is 3.08 bits per heavy atom. The third kappa shape index (κ3) is 3.25. The van der Waals surface area contributed by atoms with Crippen molar-refractivity contribution in [3.8, 4) is 0 Å². The highest BCUT2D eigenvalue weighted by molar-refractivity contribution is 7.12. The second-order valence-corrected chi connectivity index (χ2v) is 6.97. The molecule has 0 bridgehead atoms. The van der Waals surface area contributed by atoms with Gasteiger partial charge in [-0.25, -0.2) is 9.50 Å². The zero-order chi connectivity index (χ0) is 17.2. The van der Waals surface area contributed by atoms with Crippen LogP contribution in [0, 0.1) is 0 Å². The maximum absolute atomic E-state index is 12.5. The minimum atomic E-state index is -0.152. The average Bonchev–Trinajstić information content (AvgIpc) is 3.32. The Morgan fingerprint density at radius 1 is 1.32 bits per heavy atom. The summed E-state index contributed by atoms with van der Waals surface area (Å²) in [5.41, 5.74) is 1.17. The predicted octanol–water partition coefficient (Wildman–Crippen LogP) is 1.83. The van der Waals surface area contributed by atoms with Crippen molar-refractivity contribution >= 4 is 28.8 Å². The summed E-state index contributed by atoms with van der Waals surface area (Å²) in [6, 6.07) is 7.10. The standard InChI is InChI=1S/C17H17N5O2S/c23-16(12-5-7-22-15(9-12)18-11-19-22)20-13-3-1-6-21(10-13)17(24)14-4-2-8-25-14/h2,4-5,7-9,11,13H,1,3,6,10H2,(H,20,23). The van der Waals surface area contributed by atoms with Gasteiger partial charge in [0.1, 0.15) is 6.33 Å². The van der Waals surface area contributed by atoms with E-state index in [9.17, 15) is 9.59 Å². The molecule has 3 aromatic heterocycles. The van der Waals surface area contributed by atoms with Gasteiger partial charge in [0.2, 0.25) is 0 Å². The number of likely N-dealkylation sites (tertiary alicyclic amines) is 1. The van der Waals surface area contributed by atoms with Crippen molar-refractivity contribution in [3.05, 3.63) is 52.6 Å². The van der Waals surface area contributed by atoms with Crippen LogP contribution in [0.1, 0.15) is 32.9 Å². The summed E-state index contributed by atoms with van der Waals surface area (Å²) in [6.07, 6.45) is 4.91. The summed E-state index contributed by atoms with van der Waals surface area (Å²) in [5.74, 6) is -0.111. The minimum Gasteiger partial charge on any atom is -0.348 e. The fraction of sp³-hybridized carbons (Fsp3) is 0.294. The van der Waals surface area contributed by atoms with Gasteiger partial charge in [-0.05, 0) is 36.4 Å². The molecule has 1 N–H and O–H groups in total. The lowest BCUT2D eigenvalue weighted by Crippen LogP contribution is -2.49. The zero-order valence-corrected chi connectivity index (χ0v) is 14.3. The quantitative estimate of drug-likeness (QED) is 0.777. The molecule has 0 spiro atoms. The summed E-state index contributed by atoms with van der Waals surface area (Å²) in [4.78, 5) is 31.7. The maximum atomic E-state index is 12.5. The SMILES string of the molecule is O=C(NC1CCCN(C(=O)c2cccs2)C1)c1ccn2ncnc2c1. The van der Waals surface area contributed by atoms with Gasteiger partial charge in [0.15, 0.2) is 5.65 Å². The Hall–Kier alpha value is -2.74. The number of amides is 2. The molecule has 4 heterocycles. The highest BCUT2D eigenvalue weighted by Gasteiger charge is 2.26. The number of pyridine rings is 1. The normalized spacial score (nSPS) is 17.6. The van der Waals surface area contributed by atoms with E-state index in [2.05, 4.69) is 15.4 Å². The number of carbonyl (C=O) groups excluding carboxylic acids is 2. The lowest BCUT2D eigenvalue weighted by Gasteiger charge is -2.33. The number of carbonyl (C=O) groups is 2. The van der Waals surface area contributed by atoms with Gasteiger partial charge in [-0.2, -0.15) is 5.10 Å². The molecule has 8 heteroatoms. The number of rotatable bonds is 3. The van der Waals surface area contributed by atoms with Crippen molar-refractivity contribution in [1.29, 1.82) is 0 Å². The fourth-order valence-corrected chi connectivity index (χ4v) is 3.75. The molecule has 2 amide bonds. The monoisotopic (exact) mass is 355 g/mol. The van der Waals surface area contributed by atoms with Crippen molar-refractivity contribution in [2.75, 3.05) is 13.1 Å². The van der Waals surface area contributed by atoms with Crippen LogP contribution in [0.15, 0.2) is 42.2 Å². The Balaban J connectivity index is 1.43. The van der Waals surface area contributed by atoms with E-state index in [4.69, 9.17) is 0 Å². The topological polar surface area (TPSA) is 79.6 Å². The molecular formula is C17H17N5O2S. The van der Waals surface area contributed by atoms with E-state index in [1.807, 2.05) is 22.4 Å². The molecule has 1 unspecified atom stereocenters. The smallest absolute Gasteiger partial charge is 0.263 e. The van der Waals surface area contributed by atoms with Gasteiger partial charge in [0.05, 0.1) is 4.88 Å². The van der Waals surface area contributed by atoms with Gasteiger partial charge in [-0.1, -0.05) is 6.07 Å². The summed E-state index contributed by atoms with van der Waals surface area (Å²) in [7, 11) is 0. The van der Waals surface area contributed by atoms with Crippen LogP contribution >= 0.6 is 11.3 Å². The van der Waals surface area contributed by atoms with Crippen LogP contribution in [-0.4, -0.2) is 50.4 Å². The first-order chi connectivity index (χ1) is 12.2. The Bertz CT molecular complexity index is 905. The molecule has 0 aliphatic carbocycles. The molecule has 1 aliphatic heterocycles. The molecule has 7 nitrogen and oxygen atoms in total. The first kappa shape index (κ1) is 15.8. The molecule has 1 fully saturated rings. The lowest BCUT2D eigenvalue weighted by atomic mass is 10.0. The van der Waals surface area contributed by atoms with E-state index >= 15 is 0 Å². The zero-order valence-electron chi connectivity index (χ0n) is 13.5. The first-order valence-electron chi connectivity index (χ1n) is 8.14. The first-order valence-corrected chi connectivity index (χ1v) is 9.02. The molecule has 25 heavy (non-hydrogen) atoms. The third-order valence-electron chi connectivity index (χ3n) is 4.32. The number of hydrogen-bond donors (Lipinski definition) is 1. The van der Waals surface area contributed by atoms with Gasteiger partial charge in [-0.15, -0.1) is 11.3 Å². The fourth-order valence-electron chi connectivity index (χ4n) is 3.06. The van der Waals surface area contributed by atoms with E-state index in [0.29, 0.717) is 17.8 Å². The van der Waals surface area contributed by atoms with Crippen LogP contribution in [0.2, 0.25) is 0 Å². The molecular weight excluding hydrogens is 338 g/mol. The van der Waals surface area contributed by atoms with E-state index in [1.165, 1.54) is 17.7 Å². The van der Waals surface area contributed by atoms with E-state index in [-0.39, 0.29) is 17.9 Å². The van der Waals surface area contributed by atoms with Gasteiger partial charge in [-0.3, -0.25) is 9.59 Å². The van der Waals surface area contributed by atoms with Crippen LogP contribution in [0.4, 0.5) is 0 Å². The molecule has 128 valence electrons. The summed E-state index contributed by atoms with van der Waals surface area (Å²) < 4.78 is 1.61. The molecule has 1 aliphatic rings. The highest BCUT2D eigenvalue weighted by Crippen LogP contribution is 2.17. The number of hydrogen-bond acceptors (Lipinski definition) is 5. The van der Waals surface area contributed by atoms with Gasteiger partial charge >= 0.3 is 0 Å². The minimum absolute atomic E-state index is 0.0406. The van der Waals surface area contributed by atoms with E-state index in [0.717, 1.165) is 24.3 Å². The molecule has 0 radical (unpaired) electrons. The Labute approximate surface area is 148 Å². The number of nitrogens with one attached hydrogen (secondary N) is 1. The summed E-state index contributed by atoms with van der Waals surface area (Å²) in [6.45, 7) is 1.27. The van der Waals surface area contributed by atoms with Crippen LogP contribution < -0.4 is 5.32 Å². The number of thiophene rings is 1. The molecule has 0 aromatic carbocycles. The Kier molecular flexibility index (Phi) is 4.19. The van der Waals surface area contributed by atoms with E-state index < -0.39 is 0 Å². The second kappa shape index (κ2) is 6.64. The van der Waals surface area contributed by atoms with Crippen LogP contribution in [0.3, 0.4) is 0 Å². The van der Waals surface area contributed by atoms with Gasteiger partial charge < -0.3 is 10.2 Å². The molecule has 1 atom stereocenters. The molecule has 3 aromatic rings. The van der Waals surface area contributed by atoms with Gasteiger partial charge in [0.25, 0.3) is 11.8 Å². The van der Waals surface area contributed by atoms with Gasteiger partial charge in [0, 0.05) is 30.9 Å². The average molecular weight is 355 g/mol. The number of piperidine rings is 1. The molecule has 4 rings (SSSR count). The highest BCUT2D eigenvalue weighted by atomic mass is 32.1. The number of fused-ring (bicyclic) bond motifs is 1. The van der Waals surface area contributed by atoms with Crippen LogP contribution in [0.25, 0.3) is 5.65 Å². The van der Waals surface area contributed by atoms with Crippen LogP contribution in [-0.2, 0) is 0 Å². The molecule has 0 saturated carbocycles. The van der Waals surface area contributed by atoms with Crippen molar-refractivity contribution < 1.29 is 9.59 Å². The van der Waals surface area contributed by atoms with Crippen molar-refractivity contribution in [3.63, 3.8) is 0 Å². The Morgan fingerprint density at radius 2 is 2.24 bits per heavy atom. The van der Waals surface area contributed by atoms with Crippen molar-refractivity contribution in [2.45, 2.75) is 18.9 Å². The van der Waals surface area contributed by atoms with E-state index in [1.54, 1.807) is 22.8 Å². The largest absolute Gasteiger partial charge is 0.348 e. The summed E-state index contributed by atoms with van der Waals surface area (Å²) in [5, 5.41) is 8.95. The number of nitrogens with zero attached hydrogens (tertiary/aromatic N) is 4. The lowest BCUT2D eigenvalue weighted by molar-refractivity contribution is 0.0680. The molecule has 1 saturated heterocycles. The number of aromatic nitrogens is 3. The third-order valence-corrected chi connectivity index (χ3v) is 5.18. The predicted molar refractivity (Wildman–Crippen MR) is 93.7 cm³/mol. The van der Waals surface area contributed by atoms with Crippen molar-refractivity contribution in [1.82, 2.24) is 24.8 Å². The maximum Gasteiger partial charge on any atom is 0.263 e. The second-order valence-electron chi connectivity index (χ2n) is 6.02. The summed E-state index contributed by atoms with van der Waals surface area (Å²) >= 11 is 1.44.